The zero-order chi connectivity index (χ0) is 35.7. The van der Waals surface area contributed by atoms with Crippen LogP contribution in [0.15, 0.2) is 102 Å². The average Bonchev–Trinajstić information content (AvgIpc) is 3.11. The Kier molecular flexibility index (Phi) is 12.8. The van der Waals surface area contributed by atoms with Gasteiger partial charge in [0.15, 0.2) is 0 Å². The van der Waals surface area contributed by atoms with Crippen molar-refractivity contribution in [2.45, 2.75) is 75.9 Å². The molecule has 0 aliphatic heterocycles. The third-order valence-electron chi connectivity index (χ3n) is 8.94. The first-order valence-corrected chi connectivity index (χ1v) is 19.2. The van der Waals surface area contributed by atoms with Crippen LogP contribution in [0.3, 0.4) is 0 Å². The highest BCUT2D eigenvalue weighted by atomic mass is 35.5. The van der Waals surface area contributed by atoms with E-state index < -0.39 is 28.5 Å². The predicted octanol–water partition coefficient (Wildman–Crippen LogP) is 7.98. The second-order valence-corrected chi connectivity index (χ2v) is 15.2. The van der Waals surface area contributed by atoms with E-state index in [9.17, 15) is 18.0 Å². The summed E-state index contributed by atoms with van der Waals surface area (Å²) in [5.41, 5.74) is 2.54. The van der Waals surface area contributed by atoms with Crippen molar-refractivity contribution < 1.29 is 22.7 Å². The number of carbonyl (C=O) groups excluding carboxylic acids is 2. The zero-order valence-corrected chi connectivity index (χ0v) is 30.7. The Balaban J connectivity index is 1.58. The summed E-state index contributed by atoms with van der Waals surface area (Å²) in [4.78, 5) is 30.5. The molecule has 50 heavy (non-hydrogen) atoms. The number of aryl methyl sites for hydroxylation is 1. The van der Waals surface area contributed by atoms with Crippen LogP contribution in [0.5, 0.6) is 5.75 Å². The fourth-order valence-electron chi connectivity index (χ4n) is 6.19. The number of rotatable bonds is 14. The van der Waals surface area contributed by atoms with Crippen molar-refractivity contribution in [2.24, 2.45) is 0 Å². The largest absolute Gasteiger partial charge is 0.494 e. The molecule has 0 radical (unpaired) electrons. The maximum Gasteiger partial charge on any atom is 0.264 e. The van der Waals surface area contributed by atoms with E-state index in [1.54, 1.807) is 54.6 Å². The average molecular weight is 737 g/mol. The smallest absolute Gasteiger partial charge is 0.264 e. The van der Waals surface area contributed by atoms with E-state index >= 15 is 0 Å². The fraction of sp³-hybridized carbons (Fsp3) is 0.333. The second-order valence-electron chi connectivity index (χ2n) is 12.5. The second kappa shape index (κ2) is 17.2. The van der Waals surface area contributed by atoms with Gasteiger partial charge in [-0.1, -0.05) is 96.6 Å². The van der Waals surface area contributed by atoms with Crippen LogP contribution in [-0.2, 0) is 32.6 Å². The van der Waals surface area contributed by atoms with Crippen molar-refractivity contribution in [3.63, 3.8) is 0 Å². The highest BCUT2D eigenvalue weighted by molar-refractivity contribution is 7.92. The highest BCUT2D eigenvalue weighted by Gasteiger charge is 2.36. The van der Waals surface area contributed by atoms with Crippen LogP contribution in [0.2, 0.25) is 10.0 Å². The van der Waals surface area contributed by atoms with Crippen LogP contribution < -0.4 is 14.4 Å². The molecule has 0 aromatic heterocycles. The van der Waals surface area contributed by atoms with Crippen molar-refractivity contribution in [1.29, 1.82) is 0 Å². The number of ether oxygens (including phenoxy) is 1. The van der Waals surface area contributed by atoms with Gasteiger partial charge in [-0.25, -0.2) is 8.42 Å². The van der Waals surface area contributed by atoms with Crippen molar-refractivity contribution in [3.8, 4) is 5.75 Å². The summed E-state index contributed by atoms with van der Waals surface area (Å²) in [5, 5.41) is 3.87. The van der Waals surface area contributed by atoms with E-state index in [2.05, 4.69) is 5.32 Å². The number of halogens is 2. The first-order chi connectivity index (χ1) is 24.1. The minimum absolute atomic E-state index is 0.00842. The van der Waals surface area contributed by atoms with Gasteiger partial charge in [-0.15, -0.1) is 0 Å². The minimum Gasteiger partial charge on any atom is -0.494 e. The molecule has 0 heterocycles. The van der Waals surface area contributed by atoms with Gasteiger partial charge in [0, 0.05) is 34.6 Å². The van der Waals surface area contributed by atoms with Crippen LogP contribution in [0.1, 0.15) is 55.7 Å². The molecule has 4 aromatic carbocycles. The maximum absolute atomic E-state index is 14.8. The molecule has 1 atom stereocenters. The molecule has 1 saturated carbocycles. The standard InChI is InChI=1S/C39H43Cl2N3O5S/c1-3-49-32-21-23-33(24-22-32)50(47,48)44(31-19-17-28(2)18-20-31)27-38(45)43(26-34-35(40)15-10-16-36(34)41)37(25-29-11-6-4-7-12-29)39(46)42-30-13-8-5-9-14-30/h4,6-7,10-12,15-24,30,37H,3,5,8-9,13-14,25-27H2,1-2H3,(H,42,46)/t37-/m0/s1. The summed E-state index contributed by atoms with van der Waals surface area (Å²) in [5.74, 6) is -0.371. The van der Waals surface area contributed by atoms with Crippen LogP contribution >= 0.6 is 23.2 Å². The summed E-state index contributed by atoms with van der Waals surface area (Å²) >= 11 is 13.3. The van der Waals surface area contributed by atoms with E-state index in [1.165, 1.54) is 17.0 Å². The summed E-state index contributed by atoms with van der Waals surface area (Å²) in [6.45, 7) is 3.48. The normalized spacial score (nSPS) is 14.1. The molecule has 11 heteroatoms. The van der Waals surface area contributed by atoms with Crippen LogP contribution in [0, 0.1) is 6.92 Å². The Labute approximate surface area is 305 Å². The maximum atomic E-state index is 14.8. The molecule has 8 nitrogen and oxygen atoms in total. The van der Waals surface area contributed by atoms with Gasteiger partial charge < -0.3 is 15.0 Å². The molecular weight excluding hydrogens is 693 g/mol. The highest BCUT2D eigenvalue weighted by Crippen LogP contribution is 2.30. The zero-order valence-electron chi connectivity index (χ0n) is 28.4. The molecule has 1 N–H and O–H groups in total. The molecule has 0 unspecified atom stereocenters. The first-order valence-electron chi connectivity index (χ1n) is 17.0. The van der Waals surface area contributed by atoms with Crippen LogP contribution in [-0.4, -0.2) is 50.4 Å². The molecule has 2 amide bonds. The predicted molar refractivity (Wildman–Crippen MR) is 199 cm³/mol. The third kappa shape index (κ3) is 9.38. The van der Waals surface area contributed by atoms with Crippen LogP contribution in [0.25, 0.3) is 0 Å². The summed E-state index contributed by atoms with van der Waals surface area (Å²) in [7, 11) is -4.27. The molecule has 0 spiro atoms. The fourth-order valence-corrected chi connectivity index (χ4v) is 8.12. The Hall–Kier alpha value is -4.05. The van der Waals surface area contributed by atoms with E-state index in [0.717, 1.165) is 47.5 Å². The number of nitrogens with one attached hydrogen (secondary N) is 1. The van der Waals surface area contributed by atoms with E-state index in [4.69, 9.17) is 27.9 Å². The van der Waals surface area contributed by atoms with E-state index in [0.29, 0.717) is 33.7 Å². The van der Waals surface area contributed by atoms with Crippen molar-refractivity contribution in [3.05, 3.63) is 124 Å². The number of sulfonamides is 1. The monoisotopic (exact) mass is 735 g/mol. The molecule has 1 aliphatic rings. The summed E-state index contributed by atoms with van der Waals surface area (Å²) in [6.07, 6.45) is 5.06. The minimum atomic E-state index is -4.27. The van der Waals surface area contributed by atoms with E-state index in [1.807, 2.05) is 44.2 Å². The molecule has 1 fully saturated rings. The lowest BCUT2D eigenvalue weighted by atomic mass is 9.94. The first kappa shape index (κ1) is 37.2. The van der Waals surface area contributed by atoms with Gasteiger partial charge in [0.25, 0.3) is 10.0 Å². The van der Waals surface area contributed by atoms with Crippen molar-refractivity contribution >= 4 is 50.7 Å². The number of benzene rings is 4. The van der Waals surface area contributed by atoms with Gasteiger partial charge in [0.05, 0.1) is 17.2 Å². The lowest BCUT2D eigenvalue weighted by molar-refractivity contribution is -0.140. The Morgan fingerprint density at radius 3 is 2.12 bits per heavy atom. The topological polar surface area (TPSA) is 96.0 Å². The molecule has 0 bridgehead atoms. The molecular formula is C39H43Cl2N3O5S. The SMILES string of the molecule is CCOc1ccc(S(=O)(=O)N(CC(=O)N(Cc2c(Cl)cccc2Cl)[C@@H](Cc2ccccc2)C(=O)NC2CCCCC2)c2ccc(C)cc2)cc1. The van der Waals surface area contributed by atoms with Gasteiger partial charge in [0.1, 0.15) is 18.3 Å². The molecule has 264 valence electrons. The lowest BCUT2D eigenvalue weighted by Crippen LogP contribution is -2.55. The quantitative estimate of drug-likeness (QED) is 0.142. The van der Waals surface area contributed by atoms with Crippen LogP contribution in [0.4, 0.5) is 5.69 Å². The van der Waals surface area contributed by atoms with Gasteiger partial charge in [-0.2, -0.15) is 0 Å². The molecule has 5 rings (SSSR count). The Bertz CT molecular complexity index is 1830. The summed E-state index contributed by atoms with van der Waals surface area (Å²) in [6, 6.07) is 26.5. The van der Waals surface area contributed by atoms with Gasteiger partial charge in [-0.05, 0) is 80.8 Å². The van der Waals surface area contributed by atoms with Gasteiger partial charge in [-0.3, -0.25) is 13.9 Å². The Morgan fingerprint density at radius 2 is 1.50 bits per heavy atom. The number of hydrogen-bond donors (Lipinski definition) is 1. The van der Waals surface area contributed by atoms with Gasteiger partial charge in [0.2, 0.25) is 11.8 Å². The number of hydrogen-bond acceptors (Lipinski definition) is 5. The summed E-state index contributed by atoms with van der Waals surface area (Å²) < 4.78 is 35.3. The molecule has 0 saturated heterocycles. The molecule has 4 aromatic rings. The number of anilines is 1. The van der Waals surface area contributed by atoms with Gasteiger partial charge >= 0.3 is 0 Å². The van der Waals surface area contributed by atoms with Crippen molar-refractivity contribution in [1.82, 2.24) is 10.2 Å². The number of nitrogens with zero attached hydrogens (tertiary/aromatic N) is 2. The lowest BCUT2D eigenvalue weighted by Gasteiger charge is -2.35. The third-order valence-corrected chi connectivity index (χ3v) is 11.4. The van der Waals surface area contributed by atoms with Crippen molar-refractivity contribution in [2.75, 3.05) is 17.5 Å². The number of amides is 2. The Morgan fingerprint density at radius 1 is 0.860 bits per heavy atom. The van der Waals surface area contributed by atoms with E-state index in [-0.39, 0.29) is 29.8 Å². The molecule has 1 aliphatic carbocycles. The number of carbonyl (C=O) groups is 2.